The van der Waals surface area contributed by atoms with Crippen molar-refractivity contribution < 1.29 is 4.79 Å². The number of carbonyl (C=O) groups excluding carboxylic acids is 1. The first-order chi connectivity index (χ1) is 14.8. The van der Waals surface area contributed by atoms with Crippen LogP contribution in [-0.4, -0.2) is 11.9 Å². The van der Waals surface area contributed by atoms with Crippen molar-refractivity contribution in [3.05, 3.63) is 102 Å². The summed E-state index contributed by atoms with van der Waals surface area (Å²) in [4.78, 5) is 15.9. The van der Waals surface area contributed by atoms with Crippen LogP contribution in [-0.2, 0) is 11.3 Å². The highest BCUT2D eigenvalue weighted by Crippen LogP contribution is 2.30. The minimum atomic E-state index is -0.379. The Morgan fingerprint density at radius 1 is 0.800 bits per heavy atom. The quantitative estimate of drug-likeness (QED) is 0.539. The highest BCUT2D eigenvalue weighted by Gasteiger charge is 2.30. The maximum absolute atomic E-state index is 13.7. The van der Waals surface area contributed by atoms with Crippen LogP contribution in [0.15, 0.2) is 91.0 Å². The van der Waals surface area contributed by atoms with Crippen molar-refractivity contribution in [1.29, 1.82) is 0 Å². The zero-order valence-electron chi connectivity index (χ0n) is 17.4. The van der Waals surface area contributed by atoms with Crippen molar-refractivity contribution in [3.8, 4) is 0 Å². The number of benzene rings is 3. The molecule has 1 aliphatic carbocycles. The Morgan fingerprint density at radius 2 is 1.37 bits per heavy atom. The molecule has 1 aliphatic rings. The summed E-state index contributed by atoms with van der Waals surface area (Å²) in [6.07, 6.45) is 5.84. The molecule has 3 heteroatoms. The molecule has 4 rings (SSSR count). The van der Waals surface area contributed by atoms with Crippen LogP contribution in [0.1, 0.15) is 49.3 Å². The Morgan fingerprint density at radius 3 is 2.00 bits per heavy atom. The molecule has 0 aliphatic heterocycles. The van der Waals surface area contributed by atoms with Crippen LogP contribution in [0.25, 0.3) is 0 Å². The van der Waals surface area contributed by atoms with E-state index in [2.05, 4.69) is 58.7 Å². The Bertz CT molecular complexity index is 905. The monoisotopic (exact) mass is 398 g/mol. The summed E-state index contributed by atoms with van der Waals surface area (Å²) in [6.45, 7) is 0.669. The second kappa shape index (κ2) is 10.1. The van der Waals surface area contributed by atoms with E-state index < -0.39 is 0 Å². The normalized spacial score (nSPS) is 15.3. The van der Waals surface area contributed by atoms with Gasteiger partial charge < -0.3 is 10.2 Å². The zero-order valence-corrected chi connectivity index (χ0v) is 17.4. The summed E-state index contributed by atoms with van der Waals surface area (Å²) in [7, 11) is 0. The number of rotatable bonds is 7. The van der Waals surface area contributed by atoms with E-state index in [0.717, 1.165) is 24.1 Å². The Balaban J connectivity index is 1.69. The molecule has 154 valence electrons. The van der Waals surface area contributed by atoms with Gasteiger partial charge in [0, 0.05) is 18.3 Å². The van der Waals surface area contributed by atoms with Gasteiger partial charge in [0.2, 0.25) is 5.91 Å². The standard InChI is InChI=1S/C27H30N2O/c30-27(28-24-17-9-3-10-18-24)26(23-15-7-2-8-16-23)29(25-19-11-4-12-20-25)21-22-13-5-1-6-14-22/h1-2,4-8,11-16,19-20,24,26H,3,9-10,17-18,21H2,(H,28,30)/t26-/m1/s1. The number of hydrogen-bond acceptors (Lipinski definition) is 2. The van der Waals surface area contributed by atoms with Crippen LogP contribution >= 0.6 is 0 Å². The maximum atomic E-state index is 13.7. The summed E-state index contributed by atoms with van der Waals surface area (Å²) >= 11 is 0. The van der Waals surface area contributed by atoms with Crippen LogP contribution in [0.4, 0.5) is 5.69 Å². The molecule has 3 aromatic carbocycles. The van der Waals surface area contributed by atoms with E-state index >= 15 is 0 Å². The fraction of sp³-hybridized carbons (Fsp3) is 0.296. The third kappa shape index (κ3) is 5.10. The molecule has 1 atom stereocenters. The highest BCUT2D eigenvalue weighted by atomic mass is 16.2. The van der Waals surface area contributed by atoms with Gasteiger partial charge >= 0.3 is 0 Å². The molecular weight excluding hydrogens is 368 g/mol. The molecule has 1 amide bonds. The molecule has 0 radical (unpaired) electrons. The Kier molecular flexibility index (Phi) is 6.81. The van der Waals surface area contributed by atoms with Gasteiger partial charge in [-0.3, -0.25) is 4.79 Å². The molecule has 3 aromatic rings. The van der Waals surface area contributed by atoms with Crippen molar-refractivity contribution in [1.82, 2.24) is 5.32 Å². The Hall–Kier alpha value is -3.07. The number of nitrogens with zero attached hydrogens (tertiary/aromatic N) is 1. The lowest BCUT2D eigenvalue weighted by atomic mass is 9.94. The van der Waals surface area contributed by atoms with Gasteiger partial charge in [-0.05, 0) is 36.1 Å². The van der Waals surface area contributed by atoms with Crippen LogP contribution < -0.4 is 10.2 Å². The molecule has 0 aromatic heterocycles. The van der Waals surface area contributed by atoms with Gasteiger partial charge in [0.05, 0.1) is 0 Å². The van der Waals surface area contributed by atoms with E-state index in [1.807, 2.05) is 42.5 Å². The van der Waals surface area contributed by atoms with Gasteiger partial charge in [-0.25, -0.2) is 0 Å². The predicted molar refractivity (Wildman–Crippen MR) is 123 cm³/mol. The van der Waals surface area contributed by atoms with Crippen molar-refractivity contribution in [2.24, 2.45) is 0 Å². The van der Waals surface area contributed by atoms with Crippen molar-refractivity contribution in [2.45, 2.75) is 50.7 Å². The van der Waals surface area contributed by atoms with Crippen LogP contribution in [0.3, 0.4) is 0 Å². The van der Waals surface area contributed by atoms with Gasteiger partial charge in [0.1, 0.15) is 6.04 Å². The first kappa shape index (κ1) is 20.2. The summed E-state index contributed by atoms with van der Waals surface area (Å²) in [5, 5.41) is 3.37. The van der Waals surface area contributed by atoms with E-state index in [9.17, 15) is 4.79 Å². The average Bonchev–Trinajstić information content (AvgIpc) is 2.81. The second-order valence-corrected chi connectivity index (χ2v) is 8.11. The molecule has 3 nitrogen and oxygen atoms in total. The topological polar surface area (TPSA) is 32.3 Å². The van der Waals surface area contributed by atoms with Crippen LogP contribution in [0.2, 0.25) is 0 Å². The van der Waals surface area contributed by atoms with E-state index in [1.165, 1.54) is 24.8 Å². The van der Waals surface area contributed by atoms with Crippen LogP contribution in [0, 0.1) is 0 Å². The molecule has 0 spiro atoms. The second-order valence-electron chi connectivity index (χ2n) is 8.11. The van der Waals surface area contributed by atoms with E-state index in [0.29, 0.717) is 6.54 Å². The van der Waals surface area contributed by atoms with Crippen molar-refractivity contribution >= 4 is 11.6 Å². The third-order valence-corrected chi connectivity index (χ3v) is 5.91. The smallest absolute Gasteiger partial charge is 0.247 e. The third-order valence-electron chi connectivity index (χ3n) is 5.91. The molecule has 1 N–H and O–H groups in total. The van der Waals surface area contributed by atoms with Crippen LogP contribution in [0.5, 0.6) is 0 Å². The van der Waals surface area contributed by atoms with Gasteiger partial charge in [0.15, 0.2) is 0 Å². The molecule has 0 saturated heterocycles. The van der Waals surface area contributed by atoms with Gasteiger partial charge in [0.25, 0.3) is 0 Å². The SMILES string of the molecule is O=C(NC1CCCCC1)[C@@H](c1ccccc1)N(Cc1ccccc1)c1ccccc1. The number of carbonyl (C=O) groups is 1. The molecule has 30 heavy (non-hydrogen) atoms. The molecule has 1 saturated carbocycles. The lowest BCUT2D eigenvalue weighted by molar-refractivity contribution is -0.123. The number of hydrogen-bond donors (Lipinski definition) is 1. The first-order valence-corrected chi connectivity index (χ1v) is 11.0. The Labute approximate surface area is 179 Å². The molecule has 1 fully saturated rings. The summed E-state index contributed by atoms with van der Waals surface area (Å²) < 4.78 is 0. The minimum absolute atomic E-state index is 0.0906. The summed E-state index contributed by atoms with van der Waals surface area (Å²) in [5.41, 5.74) is 3.26. The predicted octanol–water partition coefficient (Wildman–Crippen LogP) is 5.88. The zero-order chi connectivity index (χ0) is 20.6. The maximum Gasteiger partial charge on any atom is 0.247 e. The number of amides is 1. The highest BCUT2D eigenvalue weighted by molar-refractivity contribution is 5.87. The molecule has 0 heterocycles. The van der Waals surface area contributed by atoms with Gasteiger partial charge in [-0.15, -0.1) is 0 Å². The summed E-state index contributed by atoms with van der Waals surface area (Å²) in [5.74, 6) is 0.0906. The first-order valence-electron chi connectivity index (χ1n) is 11.0. The van der Waals surface area contributed by atoms with E-state index in [4.69, 9.17) is 0 Å². The molecule has 0 unspecified atom stereocenters. The number of nitrogens with one attached hydrogen (secondary N) is 1. The van der Waals surface area contributed by atoms with Crippen molar-refractivity contribution in [3.63, 3.8) is 0 Å². The lowest BCUT2D eigenvalue weighted by Crippen LogP contribution is -2.45. The van der Waals surface area contributed by atoms with Crippen molar-refractivity contribution in [2.75, 3.05) is 4.90 Å². The number of para-hydroxylation sites is 1. The molecular formula is C27H30N2O. The fourth-order valence-electron chi connectivity index (χ4n) is 4.37. The lowest BCUT2D eigenvalue weighted by Gasteiger charge is -2.35. The summed E-state index contributed by atoms with van der Waals surface area (Å²) in [6, 6.07) is 30.7. The van der Waals surface area contributed by atoms with Gasteiger partial charge in [-0.2, -0.15) is 0 Å². The minimum Gasteiger partial charge on any atom is -0.352 e. The average molecular weight is 399 g/mol. The largest absolute Gasteiger partial charge is 0.352 e. The fourth-order valence-corrected chi connectivity index (χ4v) is 4.37. The number of anilines is 1. The van der Waals surface area contributed by atoms with E-state index in [-0.39, 0.29) is 18.0 Å². The molecule has 0 bridgehead atoms. The van der Waals surface area contributed by atoms with E-state index in [1.54, 1.807) is 0 Å². The van der Waals surface area contributed by atoms with Gasteiger partial charge in [-0.1, -0.05) is 98.1 Å².